The average molecular weight is 303 g/mol. The first-order valence-electron chi connectivity index (χ1n) is 6.88. The van der Waals surface area contributed by atoms with Crippen LogP contribution in [0, 0.1) is 5.82 Å². The molecule has 2 rings (SSSR count). The molecule has 0 spiro atoms. The molecule has 0 aromatic heterocycles. The third-order valence-electron chi connectivity index (χ3n) is 3.23. The maximum Gasteiger partial charge on any atom is 0.224 e. The van der Waals surface area contributed by atoms with Crippen molar-refractivity contribution in [2.24, 2.45) is 0 Å². The molecule has 1 amide bonds. The predicted molar refractivity (Wildman–Crippen MR) is 82.9 cm³/mol. The number of carbonyl (C=O) groups excluding carboxylic acids is 1. The highest BCUT2D eigenvalue weighted by Crippen LogP contribution is 2.29. The van der Waals surface area contributed by atoms with E-state index in [0.29, 0.717) is 30.0 Å². The van der Waals surface area contributed by atoms with Crippen LogP contribution in [0.25, 0.3) is 0 Å². The summed E-state index contributed by atoms with van der Waals surface area (Å²) in [5.74, 6) is 0.774. The lowest BCUT2D eigenvalue weighted by molar-refractivity contribution is -0.116. The topological polar surface area (TPSA) is 47.6 Å². The molecule has 0 aliphatic rings. The maximum absolute atomic E-state index is 12.8. The highest BCUT2D eigenvalue weighted by Gasteiger charge is 2.09. The van der Waals surface area contributed by atoms with Gasteiger partial charge in [0.05, 0.1) is 19.9 Å². The molecule has 22 heavy (non-hydrogen) atoms. The zero-order valence-corrected chi connectivity index (χ0v) is 12.6. The monoisotopic (exact) mass is 303 g/mol. The van der Waals surface area contributed by atoms with Gasteiger partial charge in [-0.05, 0) is 36.2 Å². The van der Waals surface area contributed by atoms with Crippen LogP contribution in [0.5, 0.6) is 11.5 Å². The van der Waals surface area contributed by atoms with Gasteiger partial charge in [0.1, 0.15) is 17.3 Å². The number of halogens is 1. The van der Waals surface area contributed by atoms with E-state index in [4.69, 9.17) is 9.47 Å². The first-order chi connectivity index (χ1) is 10.6. The Bertz CT molecular complexity index is 641. The SMILES string of the molecule is COc1ccc(OC)c(NC(=O)CCc2ccc(F)cc2)c1. The van der Waals surface area contributed by atoms with Crippen LogP contribution >= 0.6 is 0 Å². The molecule has 2 aromatic carbocycles. The number of anilines is 1. The lowest BCUT2D eigenvalue weighted by Gasteiger charge is -2.11. The molecule has 0 aliphatic heterocycles. The number of amides is 1. The van der Waals surface area contributed by atoms with Gasteiger partial charge < -0.3 is 14.8 Å². The van der Waals surface area contributed by atoms with Gasteiger partial charge in [-0.2, -0.15) is 0 Å². The molecule has 0 saturated carbocycles. The molecule has 4 nitrogen and oxygen atoms in total. The molecule has 1 N–H and O–H groups in total. The van der Waals surface area contributed by atoms with E-state index < -0.39 is 0 Å². The van der Waals surface area contributed by atoms with Gasteiger partial charge in [-0.1, -0.05) is 12.1 Å². The molecular formula is C17H18FNO3. The van der Waals surface area contributed by atoms with Gasteiger partial charge in [-0.15, -0.1) is 0 Å². The standard InChI is InChI=1S/C17H18FNO3/c1-21-14-8-9-16(22-2)15(11-14)19-17(20)10-5-12-3-6-13(18)7-4-12/h3-4,6-9,11H,5,10H2,1-2H3,(H,19,20). The van der Waals surface area contributed by atoms with Gasteiger partial charge in [0.2, 0.25) is 5.91 Å². The lowest BCUT2D eigenvalue weighted by atomic mass is 10.1. The van der Waals surface area contributed by atoms with Crippen molar-refractivity contribution in [3.8, 4) is 11.5 Å². The van der Waals surface area contributed by atoms with Crippen molar-refractivity contribution in [1.82, 2.24) is 0 Å². The summed E-state index contributed by atoms with van der Waals surface area (Å²) >= 11 is 0. The summed E-state index contributed by atoms with van der Waals surface area (Å²) in [5, 5.41) is 2.80. The van der Waals surface area contributed by atoms with Crippen LogP contribution in [-0.2, 0) is 11.2 Å². The van der Waals surface area contributed by atoms with Gasteiger partial charge in [-0.25, -0.2) is 4.39 Å². The largest absolute Gasteiger partial charge is 0.497 e. The van der Waals surface area contributed by atoms with Gasteiger partial charge in [0.15, 0.2) is 0 Å². The fraction of sp³-hybridized carbons (Fsp3) is 0.235. The van der Waals surface area contributed by atoms with Crippen molar-refractivity contribution in [2.75, 3.05) is 19.5 Å². The number of carbonyl (C=O) groups is 1. The molecule has 0 fully saturated rings. The van der Waals surface area contributed by atoms with Crippen LogP contribution < -0.4 is 14.8 Å². The van der Waals surface area contributed by atoms with Crippen LogP contribution in [0.2, 0.25) is 0 Å². The quantitative estimate of drug-likeness (QED) is 0.889. The van der Waals surface area contributed by atoms with Crippen molar-refractivity contribution < 1.29 is 18.7 Å². The van der Waals surface area contributed by atoms with Crippen molar-refractivity contribution >= 4 is 11.6 Å². The molecule has 0 bridgehead atoms. The minimum atomic E-state index is -0.283. The Labute approximate surface area is 128 Å². The number of ether oxygens (including phenoxy) is 2. The van der Waals surface area contributed by atoms with Crippen molar-refractivity contribution in [2.45, 2.75) is 12.8 Å². The van der Waals surface area contributed by atoms with Gasteiger partial charge in [0, 0.05) is 12.5 Å². The first kappa shape index (κ1) is 15.8. The van der Waals surface area contributed by atoms with E-state index in [2.05, 4.69) is 5.32 Å². The number of hydrogen-bond acceptors (Lipinski definition) is 3. The van der Waals surface area contributed by atoms with Crippen LogP contribution in [0.4, 0.5) is 10.1 Å². The Kier molecular flexibility index (Phi) is 5.36. The lowest BCUT2D eigenvalue weighted by Crippen LogP contribution is -2.13. The van der Waals surface area contributed by atoms with E-state index in [1.54, 1.807) is 37.4 Å². The molecule has 0 unspecified atom stereocenters. The second-order valence-corrected chi connectivity index (χ2v) is 4.74. The number of hydrogen-bond donors (Lipinski definition) is 1. The molecule has 0 aliphatic carbocycles. The Morgan fingerprint density at radius 3 is 2.45 bits per heavy atom. The number of methoxy groups -OCH3 is 2. The van der Waals surface area contributed by atoms with E-state index in [0.717, 1.165) is 5.56 Å². The summed E-state index contributed by atoms with van der Waals surface area (Å²) in [7, 11) is 3.10. The smallest absolute Gasteiger partial charge is 0.224 e. The summed E-state index contributed by atoms with van der Waals surface area (Å²) in [5.41, 5.74) is 1.47. The van der Waals surface area contributed by atoms with Crippen molar-refractivity contribution in [1.29, 1.82) is 0 Å². The Morgan fingerprint density at radius 2 is 1.82 bits per heavy atom. The van der Waals surface area contributed by atoms with E-state index >= 15 is 0 Å². The second kappa shape index (κ2) is 7.45. The molecule has 0 saturated heterocycles. The summed E-state index contributed by atoms with van der Waals surface area (Å²) in [6.07, 6.45) is 0.838. The number of benzene rings is 2. The summed E-state index contributed by atoms with van der Waals surface area (Å²) in [6, 6.07) is 11.3. The third-order valence-corrected chi connectivity index (χ3v) is 3.23. The molecule has 5 heteroatoms. The molecule has 0 radical (unpaired) electrons. The van der Waals surface area contributed by atoms with E-state index in [1.807, 2.05) is 0 Å². The Morgan fingerprint density at radius 1 is 1.09 bits per heavy atom. The summed E-state index contributed by atoms with van der Waals surface area (Å²) in [6.45, 7) is 0. The fourth-order valence-corrected chi connectivity index (χ4v) is 2.03. The van der Waals surface area contributed by atoms with Crippen molar-refractivity contribution in [3.05, 3.63) is 53.8 Å². The summed E-state index contributed by atoms with van der Waals surface area (Å²) < 4.78 is 23.2. The highest BCUT2D eigenvalue weighted by molar-refractivity contribution is 5.92. The fourth-order valence-electron chi connectivity index (χ4n) is 2.03. The zero-order chi connectivity index (χ0) is 15.9. The van der Waals surface area contributed by atoms with Crippen LogP contribution in [0.3, 0.4) is 0 Å². The Hall–Kier alpha value is -2.56. The molecule has 0 atom stereocenters. The Balaban J connectivity index is 1.98. The molecular weight excluding hydrogens is 285 g/mol. The summed E-state index contributed by atoms with van der Waals surface area (Å²) in [4.78, 5) is 12.0. The van der Waals surface area contributed by atoms with Crippen molar-refractivity contribution in [3.63, 3.8) is 0 Å². The van der Waals surface area contributed by atoms with Gasteiger partial charge in [-0.3, -0.25) is 4.79 Å². The van der Waals surface area contributed by atoms with Gasteiger partial charge in [0.25, 0.3) is 0 Å². The van der Waals surface area contributed by atoms with E-state index in [1.165, 1.54) is 19.2 Å². The normalized spacial score (nSPS) is 10.1. The zero-order valence-electron chi connectivity index (χ0n) is 12.6. The number of rotatable bonds is 6. The van der Waals surface area contributed by atoms with Gasteiger partial charge >= 0.3 is 0 Å². The molecule has 2 aromatic rings. The second-order valence-electron chi connectivity index (χ2n) is 4.74. The highest BCUT2D eigenvalue weighted by atomic mass is 19.1. The van der Waals surface area contributed by atoms with E-state index in [9.17, 15) is 9.18 Å². The average Bonchev–Trinajstić information content (AvgIpc) is 2.54. The first-order valence-corrected chi connectivity index (χ1v) is 6.88. The van der Waals surface area contributed by atoms with Crippen LogP contribution in [0.15, 0.2) is 42.5 Å². The maximum atomic E-state index is 12.8. The minimum absolute atomic E-state index is 0.143. The number of nitrogens with one attached hydrogen (secondary N) is 1. The minimum Gasteiger partial charge on any atom is -0.497 e. The molecule has 116 valence electrons. The predicted octanol–water partition coefficient (Wildman–Crippen LogP) is 3.41. The van der Waals surface area contributed by atoms with Crippen LogP contribution in [-0.4, -0.2) is 20.1 Å². The van der Waals surface area contributed by atoms with Crippen LogP contribution in [0.1, 0.15) is 12.0 Å². The third kappa shape index (κ3) is 4.22. The number of aryl methyl sites for hydroxylation is 1. The van der Waals surface area contributed by atoms with E-state index in [-0.39, 0.29) is 11.7 Å². The molecule has 0 heterocycles.